The largest absolute Gasteiger partial charge is 0.439 e. The first-order chi connectivity index (χ1) is 12.5. The molecule has 0 unspecified atom stereocenters. The monoisotopic (exact) mass is 384 g/mol. The summed E-state index contributed by atoms with van der Waals surface area (Å²) in [5.74, 6) is 2.32. The number of thioether (sulfide) groups is 1. The molecule has 3 rings (SSSR count). The highest BCUT2D eigenvalue weighted by Gasteiger charge is 2.11. The average Bonchev–Trinajstić information content (AvgIpc) is 2.61. The van der Waals surface area contributed by atoms with Crippen molar-refractivity contribution in [2.24, 2.45) is 0 Å². The molecule has 0 atom stereocenters. The molecule has 1 aromatic heterocycles. The van der Waals surface area contributed by atoms with Crippen molar-refractivity contribution in [3.8, 4) is 11.6 Å². The van der Waals surface area contributed by atoms with Gasteiger partial charge in [-0.3, -0.25) is 0 Å². The van der Waals surface area contributed by atoms with Crippen molar-refractivity contribution in [2.75, 3.05) is 0 Å². The Morgan fingerprint density at radius 3 is 2.58 bits per heavy atom. The van der Waals surface area contributed by atoms with Crippen molar-refractivity contribution in [3.63, 3.8) is 0 Å². The Balaban J connectivity index is 1.83. The summed E-state index contributed by atoms with van der Waals surface area (Å²) in [7, 11) is 0. The van der Waals surface area contributed by atoms with Gasteiger partial charge in [0.05, 0.1) is 5.69 Å². The van der Waals surface area contributed by atoms with E-state index in [0.717, 1.165) is 16.6 Å². The van der Waals surface area contributed by atoms with Gasteiger partial charge in [0.15, 0.2) is 5.16 Å². The van der Waals surface area contributed by atoms with Gasteiger partial charge < -0.3 is 4.74 Å². The van der Waals surface area contributed by atoms with Crippen LogP contribution in [-0.2, 0) is 5.75 Å². The lowest BCUT2D eigenvalue weighted by Gasteiger charge is -2.11. The molecule has 0 saturated heterocycles. The molecule has 0 amide bonds. The molecule has 5 heteroatoms. The van der Waals surface area contributed by atoms with E-state index in [-0.39, 0.29) is 5.92 Å². The summed E-state index contributed by atoms with van der Waals surface area (Å²) in [6, 6.07) is 17.6. The zero-order valence-corrected chi connectivity index (χ0v) is 16.6. The molecule has 0 aliphatic carbocycles. The van der Waals surface area contributed by atoms with E-state index in [9.17, 15) is 0 Å². The van der Waals surface area contributed by atoms with Crippen LogP contribution in [0.25, 0.3) is 0 Å². The van der Waals surface area contributed by atoms with Gasteiger partial charge in [0.2, 0.25) is 5.88 Å². The van der Waals surface area contributed by atoms with E-state index in [1.54, 1.807) is 17.8 Å². The third-order valence-corrected chi connectivity index (χ3v) is 5.06. The quantitative estimate of drug-likeness (QED) is 0.352. The smallest absolute Gasteiger partial charge is 0.223 e. The standard InChI is InChI=1S/C21H21ClN2OS/c1-14(2)19-12-20(25-18-10-6-9-17(22)11-18)24-21(23-19)26-13-16-8-5-4-7-15(16)3/h4-12,14H,13H2,1-3H3. The first-order valence-electron chi connectivity index (χ1n) is 8.51. The van der Waals surface area contributed by atoms with E-state index in [4.69, 9.17) is 16.3 Å². The highest BCUT2D eigenvalue weighted by atomic mass is 35.5. The molecule has 0 fully saturated rings. The molecule has 0 aliphatic rings. The number of halogens is 1. The van der Waals surface area contributed by atoms with E-state index in [2.05, 4.69) is 55.0 Å². The second kappa shape index (κ2) is 8.56. The van der Waals surface area contributed by atoms with Crippen LogP contribution in [0.4, 0.5) is 0 Å². The molecule has 134 valence electrons. The van der Waals surface area contributed by atoms with Crippen molar-refractivity contribution in [2.45, 2.75) is 37.6 Å². The number of rotatable bonds is 6. The second-order valence-electron chi connectivity index (χ2n) is 6.34. The van der Waals surface area contributed by atoms with Crippen molar-refractivity contribution in [1.82, 2.24) is 9.97 Å². The zero-order valence-electron chi connectivity index (χ0n) is 15.1. The Morgan fingerprint density at radius 2 is 1.85 bits per heavy atom. The van der Waals surface area contributed by atoms with Gasteiger partial charge in [-0.2, -0.15) is 4.98 Å². The van der Waals surface area contributed by atoms with Gasteiger partial charge in [-0.1, -0.05) is 67.5 Å². The molecule has 0 spiro atoms. The maximum absolute atomic E-state index is 6.04. The van der Waals surface area contributed by atoms with Crippen LogP contribution < -0.4 is 4.74 Å². The Kier molecular flexibility index (Phi) is 6.17. The molecular weight excluding hydrogens is 364 g/mol. The van der Waals surface area contributed by atoms with Crippen LogP contribution in [0.5, 0.6) is 11.6 Å². The van der Waals surface area contributed by atoms with Gasteiger partial charge in [0, 0.05) is 16.8 Å². The van der Waals surface area contributed by atoms with E-state index in [1.807, 2.05) is 24.3 Å². The van der Waals surface area contributed by atoms with E-state index in [0.29, 0.717) is 16.7 Å². The van der Waals surface area contributed by atoms with Crippen molar-refractivity contribution in [3.05, 3.63) is 76.4 Å². The molecule has 1 heterocycles. The zero-order chi connectivity index (χ0) is 18.5. The van der Waals surface area contributed by atoms with Gasteiger partial charge in [-0.05, 0) is 42.2 Å². The summed E-state index contributed by atoms with van der Waals surface area (Å²) in [5.41, 5.74) is 3.52. The van der Waals surface area contributed by atoms with Crippen LogP contribution in [0.1, 0.15) is 36.6 Å². The van der Waals surface area contributed by atoms with Crippen molar-refractivity contribution in [1.29, 1.82) is 0 Å². The molecule has 3 aromatic rings. The van der Waals surface area contributed by atoms with Crippen LogP contribution >= 0.6 is 23.4 Å². The summed E-state index contributed by atoms with van der Waals surface area (Å²) in [6.45, 7) is 6.34. The van der Waals surface area contributed by atoms with E-state index >= 15 is 0 Å². The number of ether oxygens (including phenoxy) is 1. The Labute approximate surface area is 163 Å². The molecule has 3 nitrogen and oxygen atoms in total. The van der Waals surface area contributed by atoms with Crippen molar-refractivity contribution < 1.29 is 4.74 Å². The molecule has 0 aliphatic heterocycles. The molecular formula is C21H21ClN2OS. The summed E-state index contributed by atoms with van der Waals surface area (Å²) in [4.78, 5) is 9.25. The third kappa shape index (κ3) is 4.99. The van der Waals surface area contributed by atoms with Gasteiger partial charge in [-0.15, -0.1) is 0 Å². The lowest BCUT2D eigenvalue weighted by Crippen LogP contribution is -2.00. The Hall–Kier alpha value is -2.04. The lowest BCUT2D eigenvalue weighted by atomic mass is 10.1. The summed E-state index contributed by atoms with van der Waals surface area (Å²) >= 11 is 7.66. The first-order valence-corrected chi connectivity index (χ1v) is 9.87. The summed E-state index contributed by atoms with van der Waals surface area (Å²) in [5, 5.41) is 1.35. The minimum Gasteiger partial charge on any atom is -0.439 e. The first kappa shape index (κ1) is 18.7. The minimum absolute atomic E-state index is 0.289. The normalized spacial score (nSPS) is 11.0. The number of hydrogen-bond donors (Lipinski definition) is 0. The lowest BCUT2D eigenvalue weighted by molar-refractivity contribution is 0.453. The maximum Gasteiger partial charge on any atom is 0.223 e. The predicted molar refractivity (Wildman–Crippen MR) is 108 cm³/mol. The number of hydrogen-bond acceptors (Lipinski definition) is 4. The van der Waals surface area contributed by atoms with Crippen LogP contribution in [-0.4, -0.2) is 9.97 Å². The highest BCUT2D eigenvalue weighted by Crippen LogP contribution is 2.29. The Morgan fingerprint density at radius 1 is 1.04 bits per heavy atom. The number of aromatic nitrogens is 2. The van der Waals surface area contributed by atoms with Crippen LogP contribution in [0.2, 0.25) is 5.02 Å². The fourth-order valence-electron chi connectivity index (χ4n) is 2.40. The SMILES string of the molecule is Cc1ccccc1CSc1nc(Oc2cccc(Cl)c2)cc(C(C)C)n1. The molecule has 0 saturated carbocycles. The minimum atomic E-state index is 0.289. The molecule has 2 aromatic carbocycles. The topological polar surface area (TPSA) is 35.0 Å². The molecule has 26 heavy (non-hydrogen) atoms. The van der Waals surface area contributed by atoms with Gasteiger partial charge in [-0.25, -0.2) is 4.98 Å². The summed E-state index contributed by atoms with van der Waals surface area (Å²) < 4.78 is 5.92. The maximum atomic E-state index is 6.04. The third-order valence-electron chi connectivity index (χ3n) is 3.93. The van der Waals surface area contributed by atoms with Gasteiger partial charge in [0.1, 0.15) is 5.75 Å². The van der Waals surface area contributed by atoms with Crippen LogP contribution in [0.3, 0.4) is 0 Å². The number of benzene rings is 2. The number of aryl methyl sites for hydroxylation is 1. The molecule has 0 radical (unpaired) electrons. The highest BCUT2D eigenvalue weighted by molar-refractivity contribution is 7.98. The Bertz CT molecular complexity index is 899. The van der Waals surface area contributed by atoms with Crippen LogP contribution in [0.15, 0.2) is 59.8 Å². The molecule has 0 bridgehead atoms. The van der Waals surface area contributed by atoms with Gasteiger partial charge in [0.25, 0.3) is 0 Å². The van der Waals surface area contributed by atoms with E-state index < -0.39 is 0 Å². The predicted octanol–water partition coefficient (Wildman–Crippen LogP) is 6.65. The fourth-order valence-corrected chi connectivity index (χ4v) is 3.51. The molecule has 0 N–H and O–H groups in total. The van der Waals surface area contributed by atoms with Crippen LogP contribution in [0, 0.1) is 6.92 Å². The second-order valence-corrected chi connectivity index (χ2v) is 7.72. The van der Waals surface area contributed by atoms with Gasteiger partial charge >= 0.3 is 0 Å². The number of nitrogens with zero attached hydrogens (tertiary/aromatic N) is 2. The van der Waals surface area contributed by atoms with Crippen molar-refractivity contribution >= 4 is 23.4 Å². The summed E-state index contributed by atoms with van der Waals surface area (Å²) in [6.07, 6.45) is 0. The fraction of sp³-hybridized carbons (Fsp3) is 0.238. The van der Waals surface area contributed by atoms with E-state index in [1.165, 1.54) is 11.1 Å². The average molecular weight is 385 g/mol.